The van der Waals surface area contributed by atoms with Crippen molar-refractivity contribution in [3.05, 3.63) is 72.6 Å². The lowest BCUT2D eigenvalue weighted by Crippen LogP contribution is -3.09. The normalized spacial score (nSPS) is 23.2. The molecule has 1 N–H and O–H groups in total. The lowest BCUT2D eigenvalue weighted by atomic mass is 10.3. The van der Waals surface area contributed by atoms with Gasteiger partial charge in [0.25, 0.3) is 6.23 Å². The van der Waals surface area contributed by atoms with Crippen molar-refractivity contribution in [1.82, 2.24) is 0 Å². The predicted octanol–water partition coefficient (Wildman–Crippen LogP) is 2.87. The Morgan fingerprint density at radius 1 is 1.08 bits per heavy atom. The highest BCUT2D eigenvalue weighted by atomic mass is 16.5. The van der Waals surface area contributed by atoms with Crippen LogP contribution in [0.15, 0.2) is 72.6 Å². The smallest absolute Gasteiger partial charge is 0.257 e. The number of para-hydroxylation sites is 4. The zero-order valence-electron chi connectivity index (χ0n) is 13.9. The molecule has 0 saturated heterocycles. The van der Waals surface area contributed by atoms with Crippen molar-refractivity contribution in [3.8, 4) is 11.5 Å². The molecule has 0 aliphatic carbocycles. The summed E-state index contributed by atoms with van der Waals surface area (Å²) in [5.74, 6) is 2.68. The maximum atomic E-state index is 6.06. The van der Waals surface area contributed by atoms with Crippen LogP contribution in [0.3, 0.4) is 0 Å². The van der Waals surface area contributed by atoms with E-state index >= 15 is 0 Å². The van der Waals surface area contributed by atoms with Crippen LogP contribution in [0, 0.1) is 0 Å². The SMILES string of the molecule is CC[NH+]1c2ccccc2OC1/C=C/C=C1/Oc2ccccc2N1C. The molecule has 2 heterocycles. The largest absolute Gasteiger partial charge is 0.439 e. The van der Waals surface area contributed by atoms with Gasteiger partial charge in [0.15, 0.2) is 23.1 Å². The molecule has 0 aromatic heterocycles. The Kier molecular flexibility index (Phi) is 3.75. The minimum atomic E-state index is -0.00154. The number of ether oxygens (including phenoxy) is 2. The number of hydrogen-bond donors (Lipinski definition) is 1. The van der Waals surface area contributed by atoms with E-state index in [1.165, 1.54) is 10.6 Å². The van der Waals surface area contributed by atoms with Crippen LogP contribution >= 0.6 is 0 Å². The molecule has 2 unspecified atom stereocenters. The molecular formula is C20H21N2O2+. The highest BCUT2D eigenvalue weighted by Gasteiger charge is 2.32. The Morgan fingerprint density at radius 3 is 2.62 bits per heavy atom. The van der Waals surface area contributed by atoms with Gasteiger partial charge in [-0.1, -0.05) is 30.3 Å². The molecule has 2 atom stereocenters. The molecule has 24 heavy (non-hydrogen) atoms. The number of allylic oxidation sites excluding steroid dienone is 2. The first-order valence-corrected chi connectivity index (χ1v) is 8.29. The number of likely N-dealkylation sites (N-methyl/N-ethyl adjacent to an activating group) is 1. The summed E-state index contributed by atoms with van der Waals surface area (Å²) >= 11 is 0. The zero-order valence-corrected chi connectivity index (χ0v) is 13.9. The van der Waals surface area contributed by atoms with Gasteiger partial charge in [0.2, 0.25) is 0 Å². The summed E-state index contributed by atoms with van der Waals surface area (Å²) in [6, 6.07) is 16.3. The number of nitrogens with one attached hydrogen (secondary N) is 1. The van der Waals surface area contributed by atoms with Gasteiger partial charge >= 0.3 is 0 Å². The van der Waals surface area contributed by atoms with Crippen molar-refractivity contribution in [2.75, 3.05) is 18.5 Å². The second-order valence-electron chi connectivity index (χ2n) is 5.93. The van der Waals surface area contributed by atoms with Crippen molar-refractivity contribution in [3.63, 3.8) is 0 Å². The fraction of sp³-hybridized carbons (Fsp3) is 0.200. The first kappa shape index (κ1) is 14.8. The van der Waals surface area contributed by atoms with Gasteiger partial charge in [-0.3, -0.25) is 4.90 Å². The molecule has 2 aliphatic heterocycles. The van der Waals surface area contributed by atoms with Crippen LogP contribution in [0.5, 0.6) is 11.5 Å². The van der Waals surface area contributed by atoms with E-state index in [1.807, 2.05) is 54.4 Å². The number of hydrogen-bond acceptors (Lipinski definition) is 3. The Labute approximate surface area is 142 Å². The monoisotopic (exact) mass is 321 g/mol. The summed E-state index contributed by atoms with van der Waals surface area (Å²) in [4.78, 5) is 3.37. The first-order chi connectivity index (χ1) is 11.8. The van der Waals surface area contributed by atoms with E-state index in [2.05, 4.69) is 31.2 Å². The van der Waals surface area contributed by atoms with Crippen molar-refractivity contribution in [1.29, 1.82) is 0 Å². The molecule has 4 heteroatoms. The van der Waals surface area contributed by atoms with E-state index in [0.29, 0.717) is 0 Å². The molecule has 0 saturated carbocycles. The van der Waals surface area contributed by atoms with Crippen LogP contribution in [-0.2, 0) is 0 Å². The summed E-state index contributed by atoms with van der Waals surface area (Å²) in [6.45, 7) is 3.15. The molecule has 2 aromatic rings. The van der Waals surface area contributed by atoms with Crippen LogP contribution < -0.4 is 19.3 Å². The Balaban J connectivity index is 1.51. The maximum absolute atomic E-state index is 6.06. The Hall–Kier alpha value is -2.72. The molecule has 4 rings (SSSR count). The van der Waals surface area contributed by atoms with Gasteiger partial charge in [0, 0.05) is 19.2 Å². The lowest BCUT2D eigenvalue weighted by molar-refractivity contribution is -0.860. The topological polar surface area (TPSA) is 26.1 Å². The average molecular weight is 321 g/mol. The van der Waals surface area contributed by atoms with Gasteiger partial charge in [0.05, 0.1) is 12.2 Å². The molecule has 4 nitrogen and oxygen atoms in total. The molecule has 0 spiro atoms. The quantitative estimate of drug-likeness (QED) is 0.941. The minimum absolute atomic E-state index is 0.00154. The fourth-order valence-electron chi connectivity index (χ4n) is 3.25. The van der Waals surface area contributed by atoms with Crippen molar-refractivity contribution >= 4 is 11.4 Å². The lowest BCUT2D eigenvalue weighted by Gasteiger charge is -2.14. The van der Waals surface area contributed by atoms with E-state index < -0.39 is 0 Å². The molecule has 2 aromatic carbocycles. The van der Waals surface area contributed by atoms with E-state index in [0.717, 1.165) is 29.6 Å². The molecule has 0 bridgehead atoms. The molecular weight excluding hydrogens is 300 g/mol. The van der Waals surface area contributed by atoms with Gasteiger partial charge in [0.1, 0.15) is 0 Å². The maximum Gasteiger partial charge on any atom is 0.257 e. The molecule has 0 fully saturated rings. The third-order valence-corrected chi connectivity index (χ3v) is 4.51. The van der Waals surface area contributed by atoms with Crippen LogP contribution in [0.2, 0.25) is 0 Å². The van der Waals surface area contributed by atoms with E-state index in [1.54, 1.807) is 0 Å². The predicted molar refractivity (Wildman–Crippen MR) is 94.7 cm³/mol. The van der Waals surface area contributed by atoms with Gasteiger partial charge < -0.3 is 14.4 Å². The number of fused-ring (bicyclic) bond motifs is 2. The zero-order chi connectivity index (χ0) is 16.5. The number of nitrogens with zero attached hydrogens (tertiary/aromatic N) is 1. The minimum Gasteiger partial charge on any atom is -0.439 e. The molecule has 2 aliphatic rings. The molecule has 0 amide bonds. The van der Waals surface area contributed by atoms with Crippen molar-refractivity contribution in [2.45, 2.75) is 13.2 Å². The van der Waals surface area contributed by atoms with Crippen LogP contribution in [0.1, 0.15) is 6.92 Å². The van der Waals surface area contributed by atoms with Crippen LogP contribution in [-0.4, -0.2) is 19.8 Å². The van der Waals surface area contributed by atoms with Crippen LogP contribution in [0.25, 0.3) is 0 Å². The number of quaternary nitrogens is 1. The average Bonchev–Trinajstić information content (AvgIpc) is 3.13. The van der Waals surface area contributed by atoms with Crippen molar-refractivity contribution in [2.24, 2.45) is 0 Å². The van der Waals surface area contributed by atoms with Gasteiger partial charge in [-0.15, -0.1) is 0 Å². The summed E-state index contributed by atoms with van der Waals surface area (Å²) in [6.07, 6.45) is 6.09. The van der Waals surface area contributed by atoms with Crippen LogP contribution in [0.4, 0.5) is 11.4 Å². The number of benzene rings is 2. The van der Waals surface area contributed by atoms with Gasteiger partial charge in [-0.25, -0.2) is 0 Å². The second-order valence-corrected chi connectivity index (χ2v) is 5.93. The van der Waals surface area contributed by atoms with Gasteiger partial charge in [-0.2, -0.15) is 0 Å². The highest BCUT2D eigenvalue weighted by Crippen LogP contribution is 2.37. The van der Waals surface area contributed by atoms with Gasteiger partial charge in [-0.05, 0) is 31.2 Å². The summed E-state index contributed by atoms with van der Waals surface area (Å²) in [5.41, 5.74) is 2.31. The highest BCUT2D eigenvalue weighted by molar-refractivity contribution is 5.65. The fourth-order valence-corrected chi connectivity index (χ4v) is 3.25. The van der Waals surface area contributed by atoms with E-state index in [-0.39, 0.29) is 6.23 Å². The standard InChI is InChI=1S/C20H20N2O2/c1-3-22-16-10-5-7-12-18(16)24-20(22)14-8-13-19-21(2)15-9-4-6-11-17(15)23-19/h4-14,20H,3H2,1-2H3/p+1/b14-8+,19-13+. The third kappa shape index (κ3) is 2.45. The second kappa shape index (κ2) is 6.06. The van der Waals surface area contributed by atoms with E-state index in [9.17, 15) is 0 Å². The molecule has 122 valence electrons. The van der Waals surface area contributed by atoms with E-state index in [4.69, 9.17) is 9.47 Å². The Morgan fingerprint density at radius 2 is 1.83 bits per heavy atom. The third-order valence-electron chi connectivity index (χ3n) is 4.51. The summed E-state index contributed by atoms with van der Waals surface area (Å²) in [7, 11) is 2.01. The number of rotatable bonds is 3. The Bertz CT molecular complexity index is 813. The molecule has 0 radical (unpaired) electrons. The first-order valence-electron chi connectivity index (χ1n) is 8.29. The summed E-state index contributed by atoms with van der Waals surface area (Å²) < 4.78 is 11.9. The van der Waals surface area contributed by atoms with Crippen molar-refractivity contribution < 1.29 is 14.4 Å². The summed E-state index contributed by atoms with van der Waals surface area (Å²) in [5, 5.41) is 0. The number of anilines is 1.